The minimum absolute atomic E-state index is 0.875. The predicted octanol–water partition coefficient (Wildman–Crippen LogP) is 3.43. The van der Waals surface area contributed by atoms with Gasteiger partial charge in [-0.25, -0.2) is 9.97 Å². The molecule has 2 aromatic rings. The normalized spacial score (nSPS) is 10.4. The lowest BCUT2D eigenvalue weighted by Crippen LogP contribution is -2.11. The van der Waals surface area contributed by atoms with Crippen molar-refractivity contribution in [2.24, 2.45) is 0 Å². The van der Waals surface area contributed by atoms with Gasteiger partial charge in [-0.15, -0.1) is 0 Å². The third-order valence-electron chi connectivity index (χ3n) is 3.47. The summed E-state index contributed by atoms with van der Waals surface area (Å²) < 4.78 is 0. The van der Waals surface area contributed by atoms with E-state index in [0.717, 1.165) is 37.4 Å². The maximum atomic E-state index is 4.39. The summed E-state index contributed by atoms with van der Waals surface area (Å²) in [6.45, 7) is 5.17. The van der Waals surface area contributed by atoms with Crippen LogP contribution in [0.2, 0.25) is 0 Å². The molecule has 0 amide bonds. The van der Waals surface area contributed by atoms with Gasteiger partial charge in [-0.1, -0.05) is 43.2 Å². The van der Waals surface area contributed by atoms with Crippen LogP contribution in [0.5, 0.6) is 0 Å². The van der Waals surface area contributed by atoms with Crippen molar-refractivity contribution in [3.05, 3.63) is 47.3 Å². The van der Waals surface area contributed by atoms with E-state index in [9.17, 15) is 0 Å². The standard InChI is InChI=1S/C17H24N4/c1-4-6-15-16(18-3)20-12-21-17(15)19-10-9-14-8-5-7-13(2)11-14/h5,7-8,11-12H,4,6,9-10H2,1-3H3,(H2,18,19,20,21). The fraction of sp³-hybridized carbons (Fsp3) is 0.412. The van der Waals surface area contributed by atoms with Crippen molar-refractivity contribution in [2.75, 3.05) is 24.2 Å². The molecule has 21 heavy (non-hydrogen) atoms. The van der Waals surface area contributed by atoms with E-state index < -0.39 is 0 Å². The van der Waals surface area contributed by atoms with E-state index in [2.05, 4.69) is 58.7 Å². The summed E-state index contributed by atoms with van der Waals surface area (Å²) in [6, 6.07) is 8.63. The number of nitrogens with zero attached hydrogens (tertiary/aromatic N) is 2. The van der Waals surface area contributed by atoms with Crippen LogP contribution in [-0.4, -0.2) is 23.6 Å². The Labute approximate surface area is 127 Å². The lowest BCUT2D eigenvalue weighted by Gasteiger charge is -2.13. The molecule has 0 aliphatic heterocycles. The average Bonchev–Trinajstić information content (AvgIpc) is 2.49. The summed E-state index contributed by atoms with van der Waals surface area (Å²) in [5.41, 5.74) is 3.83. The first-order valence-corrected chi connectivity index (χ1v) is 7.55. The second-order valence-electron chi connectivity index (χ2n) is 5.22. The van der Waals surface area contributed by atoms with Gasteiger partial charge in [0.05, 0.1) is 0 Å². The van der Waals surface area contributed by atoms with Gasteiger partial charge in [-0.2, -0.15) is 0 Å². The molecule has 1 heterocycles. The van der Waals surface area contributed by atoms with Crippen molar-refractivity contribution < 1.29 is 0 Å². The maximum absolute atomic E-state index is 4.39. The molecular formula is C17H24N4. The van der Waals surface area contributed by atoms with Crippen molar-refractivity contribution in [3.8, 4) is 0 Å². The van der Waals surface area contributed by atoms with E-state index in [0.29, 0.717) is 0 Å². The van der Waals surface area contributed by atoms with Crippen LogP contribution in [0.25, 0.3) is 0 Å². The summed E-state index contributed by atoms with van der Waals surface area (Å²) in [6.07, 6.45) is 4.66. The second kappa shape index (κ2) is 7.62. The van der Waals surface area contributed by atoms with Gasteiger partial charge in [0, 0.05) is 19.2 Å². The molecular weight excluding hydrogens is 260 g/mol. The molecule has 0 saturated carbocycles. The summed E-state index contributed by atoms with van der Waals surface area (Å²) >= 11 is 0. The van der Waals surface area contributed by atoms with Crippen LogP contribution in [0.1, 0.15) is 30.0 Å². The molecule has 0 aliphatic rings. The molecule has 0 spiro atoms. The maximum Gasteiger partial charge on any atom is 0.134 e. The largest absolute Gasteiger partial charge is 0.373 e. The molecule has 0 atom stereocenters. The number of aryl methyl sites for hydroxylation is 1. The Balaban J connectivity index is 2.02. The minimum atomic E-state index is 0.875. The molecule has 4 nitrogen and oxygen atoms in total. The molecule has 0 radical (unpaired) electrons. The number of hydrogen-bond acceptors (Lipinski definition) is 4. The van der Waals surface area contributed by atoms with Gasteiger partial charge in [0.2, 0.25) is 0 Å². The minimum Gasteiger partial charge on any atom is -0.373 e. The van der Waals surface area contributed by atoms with Gasteiger partial charge in [-0.05, 0) is 25.3 Å². The van der Waals surface area contributed by atoms with Crippen LogP contribution in [0.4, 0.5) is 11.6 Å². The molecule has 4 heteroatoms. The second-order valence-corrected chi connectivity index (χ2v) is 5.22. The number of rotatable bonds is 7. The summed E-state index contributed by atoms with van der Waals surface area (Å²) in [5, 5.41) is 6.59. The van der Waals surface area contributed by atoms with Crippen molar-refractivity contribution >= 4 is 11.6 Å². The third kappa shape index (κ3) is 4.18. The molecule has 2 N–H and O–H groups in total. The summed E-state index contributed by atoms with van der Waals surface area (Å²) in [7, 11) is 1.90. The van der Waals surface area contributed by atoms with Gasteiger partial charge in [0.1, 0.15) is 18.0 Å². The summed E-state index contributed by atoms with van der Waals surface area (Å²) in [5.74, 6) is 1.87. The molecule has 0 bridgehead atoms. The van der Waals surface area contributed by atoms with E-state index >= 15 is 0 Å². The van der Waals surface area contributed by atoms with Crippen molar-refractivity contribution in [1.29, 1.82) is 0 Å². The predicted molar refractivity (Wildman–Crippen MR) is 88.9 cm³/mol. The molecule has 0 aliphatic carbocycles. The first kappa shape index (κ1) is 15.3. The number of hydrogen-bond donors (Lipinski definition) is 2. The van der Waals surface area contributed by atoms with Gasteiger partial charge < -0.3 is 10.6 Å². The topological polar surface area (TPSA) is 49.8 Å². The highest BCUT2D eigenvalue weighted by Gasteiger charge is 2.09. The lowest BCUT2D eigenvalue weighted by molar-refractivity contribution is 0.895. The Morgan fingerprint density at radius 3 is 2.62 bits per heavy atom. The smallest absolute Gasteiger partial charge is 0.134 e. The van der Waals surface area contributed by atoms with Gasteiger partial charge >= 0.3 is 0 Å². The molecule has 112 valence electrons. The molecule has 1 aromatic heterocycles. The monoisotopic (exact) mass is 284 g/mol. The summed E-state index contributed by atoms with van der Waals surface area (Å²) in [4.78, 5) is 8.68. The quantitative estimate of drug-likeness (QED) is 0.818. The van der Waals surface area contributed by atoms with E-state index in [1.165, 1.54) is 16.7 Å². The van der Waals surface area contributed by atoms with Crippen molar-refractivity contribution in [1.82, 2.24) is 9.97 Å². The Hall–Kier alpha value is -2.10. The fourth-order valence-corrected chi connectivity index (χ4v) is 2.46. The first-order chi connectivity index (χ1) is 10.2. The molecule has 0 fully saturated rings. The Morgan fingerprint density at radius 1 is 1.10 bits per heavy atom. The van der Waals surface area contributed by atoms with Crippen LogP contribution in [0.3, 0.4) is 0 Å². The Morgan fingerprint density at radius 2 is 1.90 bits per heavy atom. The first-order valence-electron chi connectivity index (χ1n) is 7.55. The van der Waals surface area contributed by atoms with Gasteiger partial charge in [0.25, 0.3) is 0 Å². The Bertz CT molecular complexity index is 581. The van der Waals surface area contributed by atoms with E-state index in [1.54, 1.807) is 6.33 Å². The van der Waals surface area contributed by atoms with E-state index in [-0.39, 0.29) is 0 Å². The molecule has 2 rings (SSSR count). The van der Waals surface area contributed by atoms with Crippen LogP contribution in [0, 0.1) is 6.92 Å². The zero-order valence-electron chi connectivity index (χ0n) is 13.1. The highest BCUT2D eigenvalue weighted by molar-refractivity contribution is 5.57. The lowest BCUT2D eigenvalue weighted by atomic mass is 10.1. The third-order valence-corrected chi connectivity index (χ3v) is 3.47. The van der Waals surface area contributed by atoms with E-state index in [1.807, 2.05) is 7.05 Å². The number of benzene rings is 1. The number of nitrogens with one attached hydrogen (secondary N) is 2. The molecule has 0 saturated heterocycles. The number of anilines is 2. The zero-order chi connectivity index (χ0) is 15.1. The SMILES string of the molecule is CCCc1c(NC)ncnc1NCCc1cccc(C)c1. The number of aromatic nitrogens is 2. The highest BCUT2D eigenvalue weighted by atomic mass is 15.1. The van der Waals surface area contributed by atoms with Crippen LogP contribution >= 0.6 is 0 Å². The average molecular weight is 284 g/mol. The van der Waals surface area contributed by atoms with Crippen molar-refractivity contribution in [2.45, 2.75) is 33.1 Å². The zero-order valence-corrected chi connectivity index (χ0v) is 13.1. The van der Waals surface area contributed by atoms with Crippen LogP contribution < -0.4 is 10.6 Å². The van der Waals surface area contributed by atoms with Crippen molar-refractivity contribution in [3.63, 3.8) is 0 Å². The van der Waals surface area contributed by atoms with Gasteiger partial charge in [-0.3, -0.25) is 0 Å². The van der Waals surface area contributed by atoms with Crippen LogP contribution in [0.15, 0.2) is 30.6 Å². The van der Waals surface area contributed by atoms with E-state index in [4.69, 9.17) is 0 Å². The molecule has 0 unspecified atom stereocenters. The Kier molecular flexibility index (Phi) is 5.55. The van der Waals surface area contributed by atoms with Gasteiger partial charge in [0.15, 0.2) is 0 Å². The van der Waals surface area contributed by atoms with Crippen LogP contribution in [-0.2, 0) is 12.8 Å². The highest BCUT2D eigenvalue weighted by Crippen LogP contribution is 2.21. The molecule has 1 aromatic carbocycles. The fourth-order valence-electron chi connectivity index (χ4n) is 2.46.